The van der Waals surface area contributed by atoms with Gasteiger partial charge in [-0.05, 0) is 64.9 Å². The molecule has 0 radical (unpaired) electrons. The molecule has 1 amide bonds. The minimum Gasteiger partial charge on any atom is -0.513 e. The molecule has 23 heavy (non-hydrogen) atoms. The molecule has 1 N–H and O–H groups in total. The average Bonchev–Trinajstić information content (AvgIpc) is 2.48. The third-order valence-electron chi connectivity index (χ3n) is 4.53. The number of hydrogen-bond donors (Lipinski definition) is 1. The highest BCUT2D eigenvalue weighted by Gasteiger charge is 2.30. The smallest absolute Gasteiger partial charge is 0.410 e. The molecule has 1 aliphatic heterocycles. The van der Waals surface area contributed by atoms with Crippen molar-refractivity contribution in [1.82, 2.24) is 4.90 Å². The van der Waals surface area contributed by atoms with E-state index in [1.807, 2.05) is 31.7 Å². The summed E-state index contributed by atoms with van der Waals surface area (Å²) in [7, 11) is 0. The molecule has 5 nitrogen and oxygen atoms in total. The first kappa shape index (κ1) is 18.1. The number of rotatable bonds is 4. The summed E-state index contributed by atoms with van der Waals surface area (Å²) in [6, 6.07) is 0.214. The number of amides is 1. The first-order valence-electron chi connectivity index (χ1n) is 8.80. The van der Waals surface area contributed by atoms with Gasteiger partial charge in [0.25, 0.3) is 0 Å². The standard InChI is InChI=1S/C18H31NO4/c1-18(2,3)23-17(21)19(15-9-12-22-13-10-15)11-8-14-4-6-16(20)7-5-14/h6,14-15,20H,4-5,7-13H2,1-3H3. The van der Waals surface area contributed by atoms with Gasteiger partial charge >= 0.3 is 6.09 Å². The first-order chi connectivity index (χ1) is 10.8. The SMILES string of the molecule is CC(C)(C)OC(=O)N(CCC1CC=C(O)CC1)C1CCOCC1. The van der Waals surface area contributed by atoms with Gasteiger partial charge in [-0.1, -0.05) is 0 Å². The van der Waals surface area contributed by atoms with Gasteiger partial charge in [0.05, 0.1) is 5.76 Å². The molecule has 132 valence electrons. The van der Waals surface area contributed by atoms with Gasteiger partial charge in [-0.3, -0.25) is 0 Å². The van der Waals surface area contributed by atoms with E-state index >= 15 is 0 Å². The molecule has 0 aromatic carbocycles. The highest BCUT2D eigenvalue weighted by Crippen LogP contribution is 2.26. The summed E-state index contributed by atoms with van der Waals surface area (Å²) >= 11 is 0. The van der Waals surface area contributed by atoms with Crippen molar-refractivity contribution in [3.8, 4) is 0 Å². The quantitative estimate of drug-likeness (QED) is 0.847. The Labute approximate surface area is 139 Å². The van der Waals surface area contributed by atoms with Crippen LogP contribution in [-0.2, 0) is 9.47 Å². The number of aliphatic hydroxyl groups is 1. The van der Waals surface area contributed by atoms with E-state index in [0.717, 1.165) is 45.1 Å². The Bertz CT molecular complexity index is 421. The highest BCUT2D eigenvalue weighted by molar-refractivity contribution is 5.68. The van der Waals surface area contributed by atoms with Gasteiger partial charge in [0.1, 0.15) is 5.60 Å². The minimum absolute atomic E-state index is 0.210. The van der Waals surface area contributed by atoms with E-state index < -0.39 is 5.60 Å². The molecule has 1 unspecified atom stereocenters. The summed E-state index contributed by atoms with van der Waals surface area (Å²) in [5.74, 6) is 1.05. The Morgan fingerprint density at radius 3 is 2.61 bits per heavy atom. The van der Waals surface area contributed by atoms with E-state index in [0.29, 0.717) is 24.9 Å². The van der Waals surface area contributed by atoms with E-state index in [9.17, 15) is 9.90 Å². The Morgan fingerprint density at radius 2 is 2.04 bits per heavy atom. The van der Waals surface area contributed by atoms with Gasteiger partial charge in [0.2, 0.25) is 0 Å². The highest BCUT2D eigenvalue weighted by atomic mass is 16.6. The van der Waals surface area contributed by atoms with Crippen molar-refractivity contribution in [2.24, 2.45) is 5.92 Å². The van der Waals surface area contributed by atoms with Crippen molar-refractivity contribution in [1.29, 1.82) is 0 Å². The van der Waals surface area contributed by atoms with Crippen LogP contribution in [0.3, 0.4) is 0 Å². The molecule has 1 atom stereocenters. The third-order valence-corrected chi connectivity index (χ3v) is 4.53. The summed E-state index contributed by atoms with van der Waals surface area (Å²) < 4.78 is 11.0. The maximum absolute atomic E-state index is 12.6. The van der Waals surface area contributed by atoms with E-state index in [1.54, 1.807) is 0 Å². The Balaban J connectivity index is 1.94. The maximum Gasteiger partial charge on any atom is 0.410 e. The molecule has 2 rings (SSSR count). The van der Waals surface area contributed by atoms with Crippen molar-refractivity contribution in [3.05, 3.63) is 11.8 Å². The summed E-state index contributed by atoms with van der Waals surface area (Å²) in [6.45, 7) is 7.86. The molecule has 1 heterocycles. The summed E-state index contributed by atoms with van der Waals surface area (Å²) in [5, 5.41) is 9.49. The molecular weight excluding hydrogens is 294 g/mol. The monoisotopic (exact) mass is 325 g/mol. The zero-order chi connectivity index (χ0) is 16.9. The molecule has 1 aliphatic carbocycles. The lowest BCUT2D eigenvalue weighted by molar-refractivity contribution is -0.00705. The van der Waals surface area contributed by atoms with Crippen LogP contribution in [0.2, 0.25) is 0 Å². The lowest BCUT2D eigenvalue weighted by Crippen LogP contribution is -2.46. The predicted octanol–water partition coefficient (Wildman–Crippen LogP) is 4.03. The Morgan fingerprint density at radius 1 is 1.35 bits per heavy atom. The molecular formula is C18H31NO4. The lowest BCUT2D eigenvalue weighted by Gasteiger charge is -2.36. The second-order valence-electron chi connectivity index (χ2n) is 7.64. The summed E-state index contributed by atoms with van der Waals surface area (Å²) in [6.07, 6.45) is 7.09. The van der Waals surface area contributed by atoms with Crippen LogP contribution < -0.4 is 0 Å². The zero-order valence-corrected chi connectivity index (χ0v) is 14.7. The molecule has 2 aliphatic rings. The van der Waals surface area contributed by atoms with Crippen molar-refractivity contribution >= 4 is 6.09 Å². The van der Waals surface area contributed by atoms with Crippen LogP contribution in [-0.4, -0.2) is 47.5 Å². The summed E-state index contributed by atoms with van der Waals surface area (Å²) in [4.78, 5) is 14.5. The molecule has 0 spiro atoms. The van der Waals surface area contributed by atoms with E-state index in [2.05, 4.69) is 0 Å². The van der Waals surface area contributed by atoms with Crippen LogP contribution in [0.25, 0.3) is 0 Å². The topological polar surface area (TPSA) is 59.0 Å². The fourth-order valence-corrected chi connectivity index (χ4v) is 3.20. The van der Waals surface area contributed by atoms with Crippen LogP contribution in [0.1, 0.15) is 59.3 Å². The van der Waals surface area contributed by atoms with E-state index in [4.69, 9.17) is 9.47 Å². The Hall–Kier alpha value is -1.23. The fraction of sp³-hybridized carbons (Fsp3) is 0.833. The van der Waals surface area contributed by atoms with Gasteiger partial charge in [0, 0.05) is 32.2 Å². The molecule has 0 saturated carbocycles. The van der Waals surface area contributed by atoms with Crippen LogP contribution in [0.4, 0.5) is 4.79 Å². The minimum atomic E-state index is -0.472. The average molecular weight is 325 g/mol. The predicted molar refractivity (Wildman–Crippen MR) is 89.5 cm³/mol. The second-order valence-corrected chi connectivity index (χ2v) is 7.64. The zero-order valence-electron chi connectivity index (χ0n) is 14.7. The van der Waals surface area contributed by atoms with Crippen LogP contribution in [0.5, 0.6) is 0 Å². The van der Waals surface area contributed by atoms with Crippen LogP contribution in [0, 0.1) is 5.92 Å². The number of hydrogen-bond acceptors (Lipinski definition) is 4. The van der Waals surface area contributed by atoms with Gasteiger partial charge < -0.3 is 19.5 Å². The largest absolute Gasteiger partial charge is 0.513 e. The second kappa shape index (κ2) is 8.04. The third kappa shape index (κ3) is 6.05. The number of allylic oxidation sites excluding steroid dienone is 2. The number of carbonyl (C=O) groups excluding carboxylic acids is 1. The molecule has 0 aromatic rings. The normalized spacial score (nSPS) is 23.3. The van der Waals surface area contributed by atoms with Gasteiger partial charge in [0.15, 0.2) is 0 Å². The van der Waals surface area contributed by atoms with Gasteiger partial charge in [-0.25, -0.2) is 4.79 Å². The number of aliphatic hydroxyl groups excluding tert-OH is 1. The van der Waals surface area contributed by atoms with Crippen molar-refractivity contribution < 1.29 is 19.4 Å². The van der Waals surface area contributed by atoms with E-state index in [1.165, 1.54) is 0 Å². The summed E-state index contributed by atoms with van der Waals surface area (Å²) in [5.41, 5.74) is -0.472. The molecule has 0 aromatic heterocycles. The lowest BCUT2D eigenvalue weighted by atomic mass is 9.90. The molecule has 1 saturated heterocycles. The first-order valence-corrected chi connectivity index (χ1v) is 8.80. The van der Waals surface area contributed by atoms with Crippen molar-refractivity contribution in [3.63, 3.8) is 0 Å². The molecule has 1 fully saturated rings. The van der Waals surface area contributed by atoms with Crippen LogP contribution >= 0.6 is 0 Å². The number of carbonyl (C=O) groups is 1. The molecule has 5 heteroatoms. The van der Waals surface area contributed by atoms with Crippen molar-refractivity contribution in [2.75, 3.05) is 19.8 Å². The maximum atomic E-state index is 12.6. The molecule has 0 bridgehead atoms. The van der Waals surface area contributed by atoms with E-state index in [-0.39, 0.29) is 12.1 Å². The number of nitrogens with zero attached hydrogens (tertiary/aromatic N) is 1. The van der Waals surface area contributed by atoms with Crippen LogP contribution in [0.15, 0.2) is 11.8 Å². The van der Waals surface area contributed by atoms with Gasteiger partial charge in [-0.15, -0.1) is 0 Å². The van der Waals surface area contributed by atoms with Gasteiger partial charge in [-0.2, -0.15) is 0 Å². The Kier molecular flexibility index (Phi) is 6.33. The fourth-order valence-electron chi connectivity index (χ4n) is 3.20. The van der Waals surface area contributed by atoms with Crippen molar-refractivity contribution in [2.45, 2.75) is 70.9 Å². The number of ether oxygens (including phenoxy) is 2.